The van der Waals surface area contributed by atoms with Crippen LogP contribution in [-0.4, -0.2) is 47.5 Å². The second-order valence-corrected chi connectivity index (χ2v) is 8.37. The quantitative estimate of drug-likeness (QED) is 0.560. The van der Waals surface area contributed by atoms with Crippen LogP contribution in [-0.2, 0) is 34.0 Å². The Kier molecular flexibility index (Phi) is 7.13. The van der Waals surface area contributed by atoms with E-state index in [1.807, 2.05) is 0 Å². The van der Waals surface area contributed by atoms with E-state index in [0.717, 1.165) is 5.56 Å². The van der Waals surface area contributed by atoms with Gasteiger partial charge in [0, 0.05) is 25.1 Å². The van der Waals surface area contributed by atoms with Crippen molar-refractivity contribution >= 4 is 23.8 Å². The minimum absolute atomic E-state index is 0.0443. The van der Waals surface area contributed by atoms with Crippen molar-refractivity contribution in [1.29, 1.82) is 0 Å². The van der Waals surface area contributed by atoms with Crippen LogP contribution in [0.3, 0.4) is 0 Å². The summed E-state index contributed by atoms with van der Waals surface area (Å²) >= 11 is 0. The smallest absolute Gasteiger partial charge is 0.422 e. The van der Waals surface area contributed by atoms with Crippen molar-refractivity contribution in [3.63, 3.8) is 0 Å². The third-order valence-electron chi connectivity index (χ3n) is 5.73. The molecule has 2 heterocycles. The van der Waals surface area contributed by atoms with Gasteiger partial charge >= 0.3 is 12.3 Å². The Balaban J connectivity index is 1.26. The largest absolute Gasteiger partial charge is 0.484 e. The predicted molar refractivity (Wildman–Crippen MR) is 118 cm³/mol. The van der Waals surface area contributed by atoms with E-state index in [4.69, 9.17) is 4.74 Å². The number of nitrogens with zero attached hydrogens (tertiary/aromatic N) is 1. The van der Waals surface area contributed by atoms with Gasteiger partial charge < -0.3 is 19.7 Å². The van der Waals surface area contributed by atoms with E-state index < -0.39 is 30.8 Å². The van der Waals surface area contributed by atoms with Gasteiger partial charge in [-0.2, -0.15) is 13.2 Å². The number of hydrogen-bond donors (Lipinski definition) is 2. The van der Waals surface area contributed by atoms with Crippen LogP contribution in [0.15, 0.2) is 42.5 Å². The summed E-state index contributed by atoms with van der Waals surface area (Å²) in [5, 5.41) is 4.83. The Labute approximate surface area is 203 Å². The first-order chi connectivity index (χ1) is 17.1. The fraction of sp³-hybridized carbons (Fsp3) is 0.333. The van der Waals surface area contributed by atoms with Crippen LogP contribution >= 0.6 is 0 Å². The van der Waals surface area contributed by atoms with Gasteiger partial charge in [0.15, 0.2) is 6.61 Å². The molecule has 2 aliphatic rings. The normalized spacial score (nSPS) is 17.5. The van der Waals surface area contributed by atoms with Crippen molar-refractivity contribution in [2.24, 2.45) is 0 Å². The molecule has 2 aromatic rings. The van der Waals surface area contributed by atoms with E-state index in [0.29, 0.717) is 16.7 Å². The van der Waals surface area contributed by atoms with Gasteiger partial charge in [-0.15, -0.1) is 0 Å². The topological polar surface area (TPSA) is 114 Å². The van der Waals surface area contributed by atoms with E-state index in [-0.39, 0.29) is 50.1 Å². The molecule has 1 atom stereocenters. The van der Waals surface area contributed by atoms with E-state index in [2.05, 4.69) is 15.4 Å². The number of carbonyl (C=O) groups is 4. The Bertz CT molecular complexity index is 1180. The van der Waals surface area contributed by atoms with Crippen molar-refractivity contribution in [2.75, 3.05) is 6.61 Å². The standard InChI is InChI=1S/C24H22F3N3O6/c25-24(26,27)13-36-17-5-2-14(3-6-17)12-35-23(34)28-10-15-1-4-16-11-30(22(33)18(16)9-15)19-7-8-20(31)29-21(19)32/h1-6,9,19H,7-8,10-13H2,(H,28,34)(H,29,31,32). The first-order valence-corrected chi connectivity index (χ1v) is 11.0. The van der Waals surface area contributed by atoms with Gasteiger partial charge in [-0.1, -0.05) is 24.3 Å². The molecule has 0 radical (unpaired) electrons. The third kappa shape index (κ3) is 6.12. The molecule has 9 nitrogen and oxygen atoms in total. The molecule has 36 heavy (non-hydrogen) atoms. The molecular formula is C24H22F3N3O6. The molecule has 12 heteroatoms. The average molecular weight is 505 g/mol. The molecule has 190 valence electrons. The van der Waals surface area contributed by atoms with Crippen LogP contribution in [0.25, 0.3) is 0 Å². The molecule has 2 aromatic carbocycles. The van der Waals surface area contributed by atoms with Gasteiger partial charge in [-0.05, 0) is 41.3 Å². The van der Waals surface area contributed by atoms with Crippen molar-refractivity contribution in [3.05, 3.63) is 64.7 Å². The Morgan fingerprint density at radius 1 is 1.08 bits per heavy atom. The SMILES string of the molecule is O=C1CCC(N2Cc3ccc(CNC(=O)OCc4ccc(OCC(F)(F)F)cc4)cc3C2=O)C(=O)N1. The number of benzene rings is 2. The highest BCUT2D eigenvalue weighted by molar-refractivity contribution is 6.05. The number of nitrogens with one attached hydrogen (secondary N) is 2. The Morgan fingerprint density at radius 3 is 2.50 bits per heavy atom. The molecule has 0 aliphatic carbocycles. The summed E-state index contributed by atoms with van der Waals surface area (Å²) in [6.07, 6.45) is -4.71. The monoisotopic (exact) mass is 505 g/mol. The molecule has 1 fully saturated rings. The molecule has 1 saturated heterocycles. The van der Waals surface area contributed by atoms with Crippen molar-refractivity contribution in [2.45, 2.75) is 44.8 Å². The minimum atomic E-state index is -4.43. The van der Waals surface area contributed by atoms with E-state index >= 15 is 0 Å². The predicted octanol–water partition coefficient (Wildman–Crippen LogP) is 2.82. The average Bonchev–Trinajstić information content (AvgIpc) is 3.16. The van der Waals surface area contributed by atoms with Gasteiger partial charge in [0.1, 0.15) is 18.4 Å². The summed E-state index contributed by atoms with van der Waals surface area (Å²) in [4.78, 5) is 49.9. The maximum Gasteiger partial charge on any atom is 0.422 e. The molecule has 0 aromatic heterocycles. The molecule has 4 amide bonds. The number of piperidine rings is 1. The zero-order valence-electron chi connectivity index (χ0n) is 18.9. The third-order valence-corrected chi connectivity index (χ3v) is 5.73. The van der Waals surface area contributed by atoms with Gasteiger partial charge in [-0.25, -0.2) is 4.79 Å². The first-order valence-electron chi connectivity index (χ1n) is 11.0. The minimum Gasteiger partial charge on any atom is -0.484 e. The molecule has 4 rings (SSSR count). The van der Waals surface area contributed by atoms with Gasteiger partial charge in [-0.3, -0.25) is 19.7 Å². The fourth-order valence-electron chi connectivity index (χ4n) is 3.93. The van der Waals surface area contributed by atoms with Crippen LogP contribution in [0.2, 0.25) is 0 Å². The van der Waals surface area contributed by atoms with Crippen molar-refractivity contribution < 1.29 is 41.8 Å². The second kappa shape index (κ2) is 10.3. The van der Waals surface area contributed by atoms with Crippen LogP contribution in [0.5, 0.6) is 5.75 Å². The zero-order valence-corrected chi connectivity index (χ0v) is 18.9. The summed E-state index contributed by atoms with van der Waals surface area (Å²) in [5.41, 5.74) is 2.38. The molecule has 0 spiro atoms. The molecule has 1 unspecified atom stereocenters. The summed E-state index contributed by atoms with van der Waals surface area (Å²) in [7, 11) is 0. The summed E-state index contributed by atoms with van der Waals surface area (Å²) in [6.45, 7) is -1.15. The van der Waals surface area contributed by atoms with Crippen LogP contribution < -0.4 is 15.4 Å². The second-order valence-electron chi connectivity index (χ2n) is 8.37. The number of carbonyl (C=O) groups excluding carboxylic acids is 4. The van der Waals surface area contributed by atoms with Crippen LogP contribution in [0, 0.1) is 0 Å². The van der Waals surface area contributed by atoms with Gasteiger partial charge in [0.05, 0.1) is 0 Å². The van der Waals surface area contributed by atoms with Gasteiger partial charge in [0.2, 0.25) is 11.8 Å². The number of amides is 4. The number of fused-ring (bicyclic) bond motifs is 1. The molecular weight excluding hydrogens is 483 g/mol. The number of imide groups is 1. The van der Waals surface area contributed by atoms with Crippen LogP contribution in [0.1, 0.15) is 39.9 Å². The number of alkyl halides is 3. The number of rotatable bonds is 7. The fourth-order valence-corrected chi connectivity index (χ4v) is 3.93. The summed E-state index contributed by atoms with van der Waals surface area (Å²) < 4.78 is 46.3. The zero-order chi connectivity index (χ0) is 25.9. The number of alkyl carbamates (subject to hydrolysis) is 1. The highest BCUT2D eigenvalue weighted by Crippen LogP contribution is 2.28. The molecule has 0 bridgehead atoms. The van der Waals surface area contributed by atoms with Crippen LogP contribution in [0.4, 0.5) is 18.0 Å². The van der Waals surface area contributed by atoms with E-state index in [9.17, 15) is 32.3 Å². The lowest BCUT2D eigenvalue weighted by atomic mass is 10.0. The van der Waals surface area contributed by atoms with E-state index in [1.165, 1.54) is 29.2 Å². The maximum atomic E-state index is 12.9. The Morgan fingerprint density at radius 2 is 1.81 bits per heavy atom. The molecule has 2 aliphatic heterocycles. The lowest BCUT2D eigenvalue weighted by Crippen LogP contribution is -2.52. The maximum absolute atomic E-state index is 12.9. The lowest BCUT2D eigenvalue weighted by molar-refractivity contribution is -0.153. The molecule has 2 N–H and O–H groups in total. The lowest BCUT2D eigenvalue weighted by Gasteiger charge is -2.29. The van der Waals surface area contributed by atoms with Crippen molar-refractivity contribution in [3.8, 4) is 5.75 Å². The van der Waals surface area contributed by atoms with Crippen molar-refractivity contribution in [1.82, 2.24) is 15.5 Å². The number of ether oxygens (including phenoxy) is 2. The first kappa shape index (κ1) is 25.0. The van der Waals surface area contributed by atoms with Gasteiger partial charge in [0.25, 0.3) is 5.91 Å². The van der Waals surface area contributed by atoms with E-state index in [1.54, 1.807) is 18.2 Å². The highest BCUT2D eigenvalue weighted by Gasteiger charge is 2.39. The Hall–Kier alpha value is -4.09. The molecule has 0 saturated carbocycles. The number of halogens is 3. The number of hydrogen-bond acceptors (Lipinski definition) is 6. The summed E-state index contributed by atoms with van der Waals surface area (Å²) in [6, 6.07) is 10.1. The highest BCUT2D eigenvalue weighted by atomic mass is 19.4. The summed E-state index contributed by atoms with van der Waals surface area (Å²) in [5.74, 6) is -1.11.